The number of ketones is 1. The molecule has 2 aromatic carbocycles. The van der Waals surface area contributed by atoms with Gasteiger partial charge in [0.25, 0.3) is 0 Å². The van der Waals surface area contributed by atoms with Crippen molar-refractivity contribution in [2.45, 2.75) is 31.3 Å². The zero-order chi connectivity index (χ0) is 23.7. The smallest absolute Gasteiger partial charge is 0.323 e. The molecule has 0 radical (unpaired) electrons. The van der Waals surface area contributed by atoms with Crippen molar-refractivity contribution >= 4 is 46.0 Å². The molecule has 2 heterocycles. The van der Waals surface area contributed by atoms with Crippen molar-refractivity contribution < 1.29 is 18.8 Å². The third-order valence-corrected chi connectivity index (χ3v) is 6.19. The number of anilines is 1. The van der Waals surface area contributed by atoms with E-state index in [0.717, 1.165) is 0 Å². The maximum Gasteiger partial charge on any atom is 0.323 e. The monoisotopic (exact) mass is 471 g/mol. The molecule has 0 saturated carbocycles. The summed E-state index contributed by atoms with van der Waals surface area (Å²) in [5, 5.41) is 3.40. The van der Waals surface area contributed by atoms with E-state index in [1.807, 2.05) is 0 Å². The fourth-order valence-electron chi connectivity index (χ4n) is 4.25. The molecule has 3 amide bonds. The van der Waals surface area contributed by atoms with E-state index in [4.69, 9.17) is 23.1 Å². The molecule has 33 heavy (non-hydrogen) atoms. The van der Waals surface area contributed by atoms with Gasteiger partial charge in [0.15, 0.2) is 5.78 Å². The molecule has 0 bridgehead atoms. The molecule has 4 rings (SSSR count). The molecule has 1 aromatic heterocycles. The third kappa shape index (κ3) is 4.42. The molecule has 1 saturated heterocycles. The number of aromatic nitrogens is 1. The van der Waals surface area contributed by atoms with Crippen LogP contribution in [0.4, 0.5) is 19.7 Å². The average molecular weight is 472 g/mol. The van der Waals surface area contributed by atoms with E-state index in [1.54, 1.807) is 36.4 Å². The minimum atomic E-state index is -0.836. The van der Waals surface area contributed by atoms with Crippen LogP contribution in [-0.4, -0.2) is 45.9 Å². The summed E-state index contributed by atoms with van der Waals surface area (Å²) >= 11 is 5.81. The second kappa shape index (κ2) is 9.21. The van der Waals surface area contributed by atoms with E-state index in [0.29, 0.717) is 35.1 Å². The number of likely N-dealkylation sites (tertiary alicyclic amines) is 1. The predicted octanol–water partition coefficient (Wildman–Crippen LogP) is 3.50. The number of urea groups is 1. The van der Waals surface area contributed by atoms with Gasteiger partial charge >= 0.3 is 12.1 Å². The first kappa shape index (κ1) is 22.8. The van der Waals surface area contributed by atoms with Crippen molar-refractivity contribution in [3.8, 4) is 0 Å². The molecule has 5 N–H and O–H groups in total. The summed E-state index contributed by atoms with van der Waals surface area (Å²) in [5.41, 5.74) is 12.9. The summed E-state index contributed by atoms with van der Waals surface area (Å²) in [6, 6.07) is 9.06. The van der Waals surface area contributed by atoms with E-state index in [-0.39, 0.29) is 23.6 Å². The van der Waals surface area contributed by atoms with Gasteiger partial charge in [-0.25, -0.2) is 14.0 Å². The van der Waals surface area contributed by atoms with E-state index in [1.165, 1.54) is 21.7 Å². The van der Waals surface area contributed by atoms with Crippen molar-refractivity contribution in [1.82, 2.24) is 9.47 Å². The number of Topliss-reactive ketones (excluding diaryl/α,β-unsaturated/α-hetero) is 1. The Morgan fingerprint density at radius 3 is 2.67 bits per heavy atom. The van der Waals surface area contributed by atoms with Crippen LogP contribution in [0, 0.1) is 5.82 Å². The highest BCUT2D eigenvalue weighted by molar-refractivity contribution is 6.30. The van der Waals surface area contributed by atoms with Gasteiger partial charge in [0, 0.05) is 30.6 Å². The van der Waals surface area contributed by atoms with Crippen LogP contribution in [0.5, 0.6) is 0 Å². The molecular formula is C23H23ClFN5O3. The van der Waals surface area contributed by atoms with Crippen LogP contribution < -0.4 is 16.8 Å². The zero-order valence-corrected chi connectivity index (χ0v) is 18.4. The molecule has 0 aliphatic carbocycles. The summed E-state index contributed by atoms with van der Waals surface area (Å²) < 4.78 is 15.4. The number of primary amides is 1. The molecule has 3 aromatic rings. The Morgan fingerprint density at radius 2 is 1.91 bits per heavy atom. The zero-order valence-electron chi connectivity index (χ0n) is 17.6. The predicted molar refractivity (Wildman–Crippen MR) is 124 cm³/mol. The van der Waals surface area contributed by atoms with Gasteiger partial charge in [-0.15, -0.1) is 0 Å². The second-order valence-corrected chi connectivity index (χ2v) is 8.38. The normalized spacial score (nSPS) is 18.0. The van der Waals surface area contributed by atoms with Gasteiger partial charge in [0.1, 0.15) is 11.9 Å². The summed E-state index contributed by atoms with van der Waals surface area (Å²) in [6.07, 6.45) is 2.06. The number of benzene rings is 2. The molecular weight excluding hydrogens is 449 g/mol. The molecule has 172 valence electrons. The lowest BCUT2D eigenvalue weighted by Gasteiger charge is -2.26. The lowest BCUT2D eigenvalue weighted by Crippen LogP contribution is -2.49. The van der Waals surface area contributed by atoms with Crippen LogP contribution in [0.3, 0.4) is 0 Å². The van der Waals surface area contributed by atoms with Crippen LogP contribution in [0.1, 0.15) is 18.4 Å². The number of carbonyl (C=O) groups is 3. The Balaban J connectivity index is 1.51. The Bertz CT molecular complexity index is 1240. The van der Waals surface area contributed by atoms with E-state index in [2.05, 4.69) is 5.32 Å². The number of rotatable bonds is 5. The van der Waals surface area contributed by atoms with Crippen LogP contribution in [0.2, 0.25) is 5.02 Å². The highest BCUT2D eigenvalue weighted by Crippen LogP contribution is 2.28. The summed E-state index contributed by atoms with van der Waals surface area (Å²) in [6.45, 7) is 0.295. The van der Waals surface area contributed by atoms with Crippen molar-refractivity contribution in [1.29, 1.82) is 0 Å². The maximum atomic E-state index is 14.2. The molecule has 10 heteroatoms. The highest BCUT2D eigenvalue weighted by atomic mass is 35.5. The van der Waals surface area contributed by atoms with Gasteiger partial charge in [-0.2, -0.15) is 0 Å². The van der Waals surface area contributed by atoms with E-state index < -0.39 is 30.0 Å². The molecule has 1 fully saturated rings. The van der Waals surface area contributed by atoms with Crippen LogP contribution in [0.25, 0.3) is 10.9 Å². The van der Waals surface area contributed by atoms with Crippen molar-refractivity contribution in [2.75, 3.05) is 11.9 Å². The minimum Gasteiger partial charge on any atom is -0.351 e. The molecule has 1 aliphatic heterocycles. The average Bonchev–Trinajstić information content (AvgIpc) is 3.35. The Morgan fingerprint density at radius 1 is 1.15 bits per heavy atom. The molecule has 2 atom stereocenters. The van der Waals surface area contributed by atoms with Crippen LogP contribution in [-0.2, 0) is 11.2 Å². The number of aryl methyl sites for hydroxylation is 1. The number of carbonyl (C=O) groups excluding carboxylic acids is 3. The lowest BCUT2D eigenvalue weighted by atomic mass is 9.99. The third-order valence-electron chi connectivity index (χ3n) is 5.90. The summed E-state index contributed by atoms with van der Waals surface area (Å²) in [7, 11) is 0. The van der Waals surface area contributed by atoms with E-state index in [9.17, 15) is 18.8 Å². The van der Waals surface area contributed by atoms with Crippen molar-refractivity contribution in [3.63, 3.8) is 0 Å². The number of para-hydroxylation sites is 1. The quantitative estimate of drug-likeness (QED) is 0.526. The van der Waals surface area contributed by atoms with Gasteiger partial charge in [0.2, 0.25) is 0 Å². The largest absolute Gasteiger partial charge is 0.351 e. The van der Waals surface area contributed by atoms with Gasteiger partial charge in [0.05, 0.1) is 16.2 Å². The molecule has 8 nitrogen and oxygen atoms in total. The number of fused-ring (bicyclic) bond motifs is 1. The molecule has 0 spiro atoms. The number of nitrogens with zero attached hydrogens (tertiary/aromatic N) is 2. The lowest BCUT2D eigenvalue weighted by molar-refractivity contribution is -0.122. The van der Waals surface area contributed by atoms with Gasteiger partial charge < -0.3 is 21.7 Å². The van der Waals surface area contributed by atoms with Gasteiger partial charge in [-0.1, -0.05) is 41.9 Å². The Labute approximate surface area is 194 Å². The highest BCUT2D eigenvalue weighted by Gasteiger charge is 2.39. The number of hydrogen-bond acceptors (Lipinski definition) is 4. The summed E-state index contributed by atoms with van der Waals surface area (Å²) in [5.74, 6) is -0.808. The second-order valence-electron chi connectivity index (χ2n) is 7.97. The fourth-order valence-corrected chi connectivity index (χ4v) is 4.45. The van der Waals surface area contributed by atoms with Crippen LogP contribution >= 0.6 is 11.6 Å². The van der Waals surface area contributed by atoms with Crippen LogP contribution in [0.15, 0.2) is 48.7 Å². The topological polar surface area (TPSA) is 123 Å². The number of nitrogens with one attached hydrogen (secondary N) is 1. The van der Waals surface area contributed by atoms with Gasteiger partial charge in [-0.05, 0) is 30.5 Å². The SMILES string of the molecule is NC(=O)n1cc(NC(=O)N2CC[C@H](N)[C@H]2C(=O)CCc2cccc(Cl)c2F)c2ccccc21. The fraction of sp³-hybridized carbons (Fsp3) is 0.261. The Kier molecular flexibility index (Phi) is 6.35. The van der Waals surface area contributed by atoms with Crippen molar-refractivity contribution in [3.05, 3.63) is 65.1 Å². The van der Waals surface area contributed by atoms with E-state index >= 15 is 0 Å². The standard InChI is InChI=1S/C23H23ClFN5O3/c24-15-6-3-4-13(20(15)25)8-9-19(31)21-16(26)10-11-29(21)23(33)28-17-12-30(22(27)32)18-7-2-1-5-14(17)18/h1-7,12,16,21H,8-11,26H2,(H2,27,32)(H,28,33)/t16-,21-/m0/s1. The minimum absolute atomic E-state index is 0.00588. The Hall–Kier alpha value is -3.43. The first-order chi connectivity index (χ1) is 15.8. The number of hydrogen-bond donors (Lipinski definition) is 3. The number of nitrogens with two attached hydrogens (primary N) is 2. The molecule has 1 aliphatic rings. The maximum absolute atomic E-state index is 14.2. The first-order valence-electron chi connectivity index (χ1n) is 10.5. The number of amides is 3. The molecule has 0 unspecified atom stereocenters. The summed E-state index contributed by atoms with van der Waals surface area (Å²) in [4.78, 5) is 39.2. The first-order valence-corrected chi connectivity index (χ1v) is 10.8. The van der Waals surface area contributed by atoms with Gasteiger partial charge in [-0.3, -0.25) is 9.36 Å². The van der Waals surface area contributed by atoms with Crippen molar-refractivity contribution in [2.24, 2.45) is 11.5 Å². The number of halogens is 2.